The fraction of sp³-hybridized carbons (Fsp3) is 0.444. The average Bonchev–Trinajstić information content (AvgIpc) is 2.71. The van der Waals surface area contributed by atoms with Gasteiger partial charge in [0.25, 0.3) is 0 Å². The highest BCUT2D eigenvalue weighted by Gasteiger charge is 2.44. The van der Waals surface area contributed by atoms with E-state index in [0.29, 0.717) is 0 Å². The van der Waals surface area contributed by atoms with E-state index in [-0.39, 0.29) is 0 Å². The summed E-state index contributed by atoms with van der Waals surface area (Å²) in [5.41, 5.74) is -11.2. The number of hydrogen-bond donors (Lipinski definition) is 1. The molecule has 0 aliphatic carbocycles. The monoisotopic (exact) mass is 422 g/mol. The Morgan fingerprint density at radius 1 is 1.16 bits per heavy atom. The summed E-state index contributed by atoms with van der Waals surface area (Å²) in [7, 11) is -9.93. The van der Waals surface area contributed by atoms with Crippen LogP contribution in [-0.2, 0) is 33.8 Å². The van der Waals surface area contributed by atoms with Gasteiger partial charge in [-0.05, 0) is 0 Å². The largest absolute Gasteiger partial charge is 0.741 e. The molecule has 8 nitrogen and oxygen atoms in total. The minimum absolute atomic E-state index is 0.890. The molecule has 0 aliphatic rings. The molecule has 1 N–H and O–H groups in total. The molecule has 0 saturated heterocycles. The van der Waals surface area contributed by atoms with E-state index in [2.05, 4.69) is 11.1 Å². The molecule has 25 heavy (non-hydrogen) atoms. The second-order valence-corrected chi connectivity index (χ2v) is 6.67. The van der Waals surface area contributed by atoms with Crippen molar-refractivity contribution in [1.29, 1.82) is 0 Å². The van der Waals surface area contributed by atoms with Crippen molar-refractivity contribution in [1.82, 2.24) is 4.57 Å². The number of hydrogen-bond acceptors (Lipinski definition) is 5. The van der Waals surface area contributed by atoms with Crippen LogP contribution in [-0.4, -0.2) is 41.5 Å². The smallest absolute Gasteiger partial charge is 0.522 e. The fourth-order valence-corrected chi connectivity index (χ4v) is 0.759. The van der Waals surface area contributed by atoms with E-state index in [1.807, 2.05) is 36.4 Å². The predicted molar refractivity (Wildman–Crippen MR) is 69.2 cm³/mol. The van der Waals surface area contributed by atoms with Crippen molar-refractivity contribution in [3.63, 3.8) is 0 Å². The molecule has 1 heterocycles. The molecule has 1 rings (SSSR count). The van der Waals surface area contributed by atoms with Gasteiger partial charge in [-0.2, -0.15) is 34.8 Å². The lowest BCUT2D eigenvalue weighted by Crippen LogP contribution is -2.23. The molecular formula is C9H12F6N2O6S2. The lowest BCUT2D eigenvalue weighted by atomic mass is 10.6. The van der Waals surface area contributed by atoms with Gasteiger partial charge in [-0.15, -0.1) is 0 Å². The number of rotatable bonds is 2. The topological polar surface area (TPSA) is 120 Å². The number of imidazole rings is 1. The minimum atomic E-state index is -6.09. The second kappa shape index (κ2) is 9.16. The third-order valence-electron chi connectivity index (χ3n) is 1.74. The molecule has 0 spiro atoms. The Balaban J connectivity index is 0. The van der Waals surface area contributed by atoms with Crippen LogP contribution in [0.5, 0.6) is 0 Å². The van der Waals surface area contributed by atoms with Crippen molar-refractivity contribution >= 4 is 20.2 Å². The fourth-order valence-electron chi connectivity index (χ4n) is 0.759. The van der Waals surface area contributed by atoms with Gasteiger partial charge in [-0.1, -0.05) is 12.7 Å². The number of aromatic nitrogens is 2. The van der Waals surface area contributed by atoms with Crippen molar-refractivity contribution in [3.05, 3.63) is 31.4 Å². The molecule has 1 aromatic rings. The van der Waals surface area contributed by atoms with Crippen LogP contribution in [0.2, 0.25) is 0 Å². The molecule has 0 amide bonds. The zero-order valence-corrected chi connectivity index (χ0v) is 13.8. The van der Waals surface area contributed by atoms with Crippen LogP contribution in [0.1, 0.15) is 0 Å². The van der Waals surface area contributed by atoms with Gasteiger partial charge in [0.2, 0.25) is 6.33 Å². The Kier molecular flexibility index (Phi) is 9.38. The summed E-state index contributed by atoms with van der Waals surface area (Å²) >= 11 is 0. The van der Waals surface area contributed by atoms with Gasteiger partial charge < -0.3 is 4.55 Å². The van der Waals surface area contributed by atoms with E-state index in [9.17, 15) is 26.3 Å². The van der Waals surface area contributed by atoms with Crippen LogP contribution in [0.3, 0.4) is 0 Å². The average molecular weight is 422 g/mol. The molecule has 0 aliphatic heterocycles. The Hall–Kier alpha value is -1.65. The number of halogens is 6. The molecule has 0 atom stereocenters. The lowest BCUT2D eigenvalue weighted by molar-refractivity contribution is -0.671. The Morgan fingerprint density at radius 2 is 1.52 bits per heavy atom. The van der Waals surface area contributed by atoms with Gasteiger partial charge >= 0.3 is 21.1 Å². The summed E-state index contributed by atoms with van der Waals surface area (Å²) in [6.07, 6.45) is 7.91. The maximum absolute atomic E-state index is 10.7. The third kappa shape index (κ3) is 11.5. The first-order chi connectivity index (χ1) is 10.8. The summed E-state index contributed by atoms with van der Waals surface area (Å²) in [5.74, 6) is 0. The van der Waals surface area contributed by atoms with Crippen molar-refractivity contribution in [2.24, 2.45) is 7.05 Å². The molecule has 1 aromatic heterocycles. The summed E-state index contributed by atoms with van der Waals surface area (Å²) in [5, 5.41) is 0. The zero-order chi connectivity index (χ0) is 20.7. The Labute approximate surface area is 138 Å². The zero-order valence-electron chi connectivity index (χ0n) is 12.2. The van der Waals surface area contributed by atoms with E-state index in [1.54, 1.807) is 0 Å². The van der Waals surface area contributed by atoms with E-state index in [4.69, 9.17) is 25.9 Å². The molecule has 0 saturated carbocycles. The van der Waals surface area contributed by atoms with Crippen LogP contribution >= 0.6 is 0 Å². The molecule has 148 valence electrons. The quantitative estimate of drug-likeness (QED) is 0.249. The maximum Gasteiger partial charge on any atom is 0.522 e. The molecule has 0 unspecified atom stereocenters. The lowest BCUT2D eigenvalue weighted by Gasteiger charge is -2.08. The first-order valence-electron chi connectivity index (χ1n) is 5.50. The van der Waals surface area contributed by atoms with Gasteiger partial charge in [0.15, 0.2) is 10.1 Å². The third-order valence-corrected chi connectivity index (χ3v) is 2.89. The van der Waals surface area contributed by atoms with Crippen molar-refractivity contribution in [2.75, 3.05) is 0 Å². The van der Waals surface area contributed by atoms with Crippen LogP contribution in [0.4, 0.5) is 26.3 Å². The van der Waals surface area contributed by atoms with Crippen LogP contribution < -0.4 is 4.57 Å². The van der Waals surface area contributed by atoms with Gasteiger partial charge in [-0.3, -0.25) is 4.55 Å². The Bertz CT molecular complexity index is 708. The SMILES string of the molecule is C=CCn1cc[n+](C)c1.O=S(=O)(O)C(F)(F)F.O=S(=O)([O-])C(F)(F)F. The van der Waals surface area contributed by atoms with Crippen LogP contribution in [0, 0.1) is 0 Å². The number of alkyl halides is 6. The summed E-state index contributed by atoms with van der Waals surface area (Å²) in [6, 6.07) is 0. The van der Waals surface area contributed by atoms with Gasteiger partial charge in [-0.25, -0.2) is 17.6 Å². The second-order valence-electron chi connectivity index (χ2n) is 3.89. The van der Waals surface area contributed by atoms with Crippen LogP contribution in [0.15, 0.2) is 31.4 Å². The van der Waals surface area contributed by atoms with E-state index in [1.165, 1.54) is 0 Å². The highest BCUT2D eigenvalue weighted by atomic mass is 32.2. The van der Waals surface area contributed by atoms with Crippen LogP contribution in [0.25, 0.3) is 0 Å². The highest BCUT2D eigenvalue weighted by molar-refractivity contribution is 7.86. The first kappa shape index (κ1) is 25.6. The van der Waals surface area contributed by atoms with E-state index in [0.717, 1.165) is 6.54 Å². The molecule has 0 bridgehead atoms. The van der Waals surface area contributed by atoms with Crippen molar-refractivity contribution < 1.29 is 56.9 Å². The molecule has 0 fully saturated rings. The number of nitrogens with zero attached hydrogens (tertiary/aromatic N) is 2. The molecule has 0 radical (unpaired) electrons. The van der Waals surface area contributed by atoms with Crippen molar-refractivity contribution in [3.8, 4) is 0 Å². The van der Waals surface area contributed by atoms with Gasteiger partial charge in [0, 0.05) is 0 Å². The number of aryl methyl sites for hydroxylation is 1. The minimum Gasteiger partial charge on any atom is -0.741 e. The normalized spacial score (nSPS) is 12.4. The van der Waals surface area contributed by atoms with E-state index >= 15 is 0 Å². The van der Waals surface area contributed by atoms with Gasteiger partial charge in [0.1, 0.15) is 18.9 Å². The Morgan fingerprint density at radius 3 is 1.68 bits per heavy atom. The van der Waals surface area contributed by atoms with Crippen molar-refractivity contribution in [2.45, 2.75) is 17.6 Å². The highest BCUT2D eigenvalue weighted by Crippen LogP contribution is 2.21. The summed E-state index contributed by atoms with van der Waals surface area (Å²) < 4.78 is 121. The van der Waals surface area contributed by atoms with E-state index < -0.39 is 31.3 Å². The standard InChI is InChI=1S/C7H11N2.2CHF3O3S/c1-3-4-9-6-5-8(2)7-9;2*2-1(3,4)8(5,6)7/h3,5-7H,1,4H2,2H3;2*(H,5,6,7)/q+1;;/p-1. The van der Waals surface area contributed by atoms with Gasteiger partial charge in [0.05, 0.1) is 7.05 Å². The molecule has 0 aromatic carbocycles. The molecule has 16 heteroatoms. The summed E-state index contributed by atoms with van der Waals surface area (Å²) in [4.78, 5) is 0. The predicted octanol–water partition coefficient (Wildman–Crippen LogP) is 0.944. The summed E-state index contributed by atoms with van der Waals surface area (Å²) in [6.45, 7) is 4.52. The number of allylic oxidation sites excluding steroid dienone is 1. The molecular weight excluding hydrogens is 410 g/mol. The maximum atomic E-state index is 10.7. The first-order valence-corrected chi connectivity index (χ1v) is 8.35.